The van der Waals surface area contributed by atoms with E-state index in [9.17, 15) is 9.90 Å². The number of phenols is 1. The number of aliphatic hydroxyl groups is 1. The Morgan fingerprint density at radius 2 is 2.06 bits per heavy atom. The molecule has 0 bridgehead atoms. The van der Waals surface area contributed by atoms with E-state index in [0.717, 1.165) is 5.56 Å². The Morgan fingerprint density at radius 1 is 1.38 bits per heavy atom. The van der Waals surface area contributed by atoms with Crippen LogP contribution in [0.1, 0.15) is 41.3 Å². The van der Waals surface area contributed by atoms with Crippen molar-refractivity contribution in [3.63, 3.8) is 0 Å². The average Bonchev–Trinajstić information content (AvgIpc) is 2.25. The highest BCUT2D eigenvalue weighted by Crippen LogP contribution is 2.37. The summed E-state index contributed by atoms with van der Waals surface area (Å²) in [4.78, 5) is 11.7. The molecule has 1 heterocycles. The first-order chi connectivity index (χ1) is 7.56. The van der Waals surface area contributed by atoms with Gasteiger partial charge in [0.1, 0.15) is 17.4 Å². The van der Waals surface area contributed by atoms with Crippen molar-refractivity contribution in [1.82, 2.24) is 0 Å². The minimum atomic E-state index is -0.520. The highest BCUT2D eigenvalue weighted by atomic mass is 16.5. The van der Waals surface area contributed by atoms with E-state index in [1.807, 2.05) is 13.8 Å². The summed E-state index contributed by atoms with van der Waals surface area (Å²) in [5, 5.41) is 18.9. The molecule has 16 heavy (non-hydrogen) atoms. The Kier molecular flexibility index (Phi) is 2.59. The van der Waals surface area contributed by atoms with Gasteiger partial charge in [0.15, 0.2) is 0 Å². The lowest BCUT2D eigenvalue weighted by Crippen LogP contribution is -2.28. The number of hydrogen-bond acceptors (Lipinski definition) is 4. The van der Waals surface area contributed by atoms with Crippen LogP contribution in [0, 0.1) is 0 Å². The molecule has 2 N–H and O–H groups in total. The molecular weight excluding hydrogens is 208 g/mol. The Balaban J connectivity index is 2.62. The van der Waals surface area contributed by atoms with E-state index in [4.69, 9.17) is 9.84 Å². The minimum absolute atomic E-state index is 0.0475. The highest BCUT2D eigenvalue weighted by molar-refractivity contribution is 5.96. The van der Waals surface area contributed by atoms with Gasteiger partial charge in [0.2, 0.25) is 0 Å². The maximum atomic E-state index is 11.7. The Labute approximate surface area is 93.5 Å². The number of aliphatic hydroxyl groups excluding tert-OH is 1. The van der Waals surface area contributed by atoms with Gasteiger partial charge in [0.25, 0.3) is 0 Å². The molecule has 0 radical (unpaired) electrons. The third kappa shape index (κ3) is 1.46. The SMILES string of the molecule is CC1OC(=O)c2c(ccc(CO)c2O)C1C. The van der Waals surface area contributed by atoms with E-state index >= 15 is 0 Å². The van der Waals surface area contributed by atoms with Crippen LogP contribution in [-0.4, -0.2) is 22.3 Å². The van der Waals surface area contributed by atoms with Gasteiger partial charge < -0.3 is 14.9 Å². The zero-order valence-corrected chi connectivity index (χ0v) is 9.23. The van der Waals surface area contributed by atoms with Gasteiger partial charge in [-0.15, -0.1) is 0 Å². The summed E-state index contributed by atoms with van der Waals surface area (Å²) in [5.74, 6) is -0.636. The topological polar surface area (TPSA) is 66.8 Å². The fraction of sp³-hybridized carbons (Fsp3) is 0.417. The van der Waals surface area contributed by atoms with E-state index in [1.54, 1.807) is 12.1 Å². The van der Waals surface area contributed by atoms with Crippen molar-refractivity contribution in [2.75, 3.05) is 0 Å². The van der Waals surface area contributed by atoms with E-state index in [1.165, 1.54) is 0 Å². The molecule has 2 unspecified atom stereocenters. The Hall–Kier alpha value is -1.55. The molecule has 86 valence electrons. The number of ether oxygens (including phenoxy) is 1. The normalized spacial score (nSPS) is 23.8. The smallest absolute Gasteiger partial charge is 0.342 e. The quantitative estimate of drug-likeness (QED) is 0.707. The van der Waals surface area contributed by atoms with Crippen LogP contribution >= 0.6 is 0 Å². The lowest BCUT2D eigenvalue weighted by molar-refractivity contribution is 0.0236. The number of rotatable bonds is 1. The van der Waals surface area contributed by atoms with Gasteiger partial charge in [-0.25, -0.2) is 4.79 Å². The van der Waals surface area contributed by atoms with Crippen LogP contribution in [0.3, 0.4) is 0 Å². The first-order valence-electron chi connectivity index (χ1n) is 5.22. The highest BCUT2D eigenvalue weighted by Gasteiger charge is 2.32. The van der Waals surface area contributed by atoms with Crippen molar-refractivity contribution < 1.29 is 19.7 Å². The zero-order chi connectivity index (χ0) is 11.9. The Morgan fingerprint density at radius 3 is 2.69 bits per heavy atom. The molecule has 2 atom stereocenters. The van der Waals surface area contributed by atoms with Gasteiger partial charge in [-0.1, -0.05) is 19.1 Å². The van der Waals surface area contributed by atoms with Crippen molar-refractivity contribution in [3.05, 3.63) is 28.8 Å². The number of esters is 1. The summed E-state index contributed by atoms with van der Waals surface area (Å²) in [6.07, 6.45) is -0.195. The van der Waals surface area contributed by atoms with Crippen LogP contribution in [0.4, 0.5) is 0 Å². The summed E-state index contributed by atoms with van der Waals surface area (Å²) in [5.41, 5.74) is 1.31. The fourth-order valence-electron chi connectivity index (χ4n) is 1.95. The van der Waals surface area contributed by atoms with Crippen LogP contribution in [-0.2, 0) is 11.3 Å². The van der Waals surface area contributed by atoms with Gasteiger partial charge in [-0.2, -0.15) is 0 Å². The minimum Gasteiger partial charge on any atom is -0.507 e. The van der Waals surface area contributed by atoms with Gasteiger partial charge >= 0.3 is 5.97 Å². The predicted molar refractivity (Wildman–Crippen MR) is 57.3 cm³/mol. The summed E-state index contributed by atoms with van der Waals surface area (Å²) >= 11 is 0. The molecule has 1 aliphatic heterocycles. The lowest BCUT2D eigenvalue weighted by Gasteiger charge is -2.29. The number of carbonyl (C=O) groups excluding carboxylic acids is 1. The molecule has 1 aromatic rings. The van der Waals surface area contributed by atoms with Crippen molar-refractivity contribution in [1.29, 1.82) is 0 Å². The number of aromatic hydroxyl groups is 1. The summed E-state index contributed by atoms with van der Waals surface area (Å²) in [6.45, 7) is 3.47. The fourth-order valence-corrected chi connectivity index (χ4v) is 1.95. The second kappa shape index (κ2) is 3.79. The van der Waals surface area contributed by atoms with E-state index < -0.39 is 5.97 Å². The van der Waals surface area contributed by atoms with E-state index in [-0.39, 0.29) is 29.9 Å². The molecule has 0 saturated carbocycles. The molecule has 0 aliphatic carbocycles. The molecule has 0 aromatic heterocycles. The summed E-state index contributed by atoms with van der Waals surface area (Å²) in [7, 11) is 0. The molecule has 2 rings (SSSR count). The molecule has 0 spiro atoms. The Bertz CT molecular complexity index is 439. The molecule has 4 nitrogen and oxygen atoms in total. The van der Waals surface area contributed by atoms with Crippen LogP contribution in [0.2, 0.25) is 0 Å². The molecule has 0 saturated heterocycles. The van der Waals surface area contributed by atoms with Crippen LogP contribution in [0.25, 0.3) is 0 Å². The van der Waals surface area contributed by atoms with Crippen molar-refractivity contribution in [2.45, 2.75) is 32.5 Å². The first kappa shape index (κ1) is 11.0. The second-order valence-corrected chi connectivity index (χ2v) is 4.09. The monoisotopic (exact) mass is 222 g/mol. The van der Waals surface area contributed by atoms with Gasteiger partial charge in [0, 0.05) is 11.5 Å². The third-order valence-corrected chi connectivity index (χ3v) is 3.16. The number of benzene rings is 1. The van der Waals surface area contributed by atoms with Gasteiger partial charge in [-0.3, -0.25) is 0 Å². The van der Waals surface area contributed by atoms with Crippen molar-refractivity contribution >= 4 is 5.97 Å². The molecule has 1 aromatic carbocycles. The zero-order valence-electron chi connectivity index (χ0n) is 9.23. The molecule has 4 heteroatoms. The molecule has 0 amide bonds. The molecule has 1 aliphatic rings. The van der Waals surface area contributed by atoms with E-state index in [0.29, 0.717) is 5.56 Å². The van der Waals surface area contributed by atoms with Gasteiger partial charge in [-0.05, 0) is 12.5 Å². The van der Waals surface area contributed by atoms with Crippen molar-refractivity contribution in [2.24, 2.45) is 0 Å². The number of carbonyl (C=O) groups is 1. The van der Waals surface area contributed by atoms with Gasteiger partial charge in [0.05, 0.1) is 6.61 Å². The van der Waals surface area contributed by atoms with Crippen LogP contribution in [0.15, 0.2) is 12.1 Å². The molecule has 0 fully saturated rings. The van der Waals surface area contributed by atoms with Crippen LogP contribution < -0.4 is 0 Å². The second-order valence-electron chi connectivity index (χ2n) is 4.09. The largest absolute Gasteiger partial charge is 0.507 e. The van der Waals surface area contributed by atoms with Crippen LogP contribution in [0.5, 0.6) is 5.75 Å². The maximum absolute atomic E-state index is 11.7. The predicted octanol–water partition coefficient (Wildman–Crippen LogP) is 1.55. The summed E-state index contributed by atoms with van der Waals surface area (Å²) in [6, 6.07) is 3.40. The maximum Gasteiger partial charge on any atom is 0.342 e. The van der Waals surface area contributed by atoms with Crippen molar-refractivity contribution in [3.8, 4) is 5.75 Å². The number of hydrogen-bond donors (Lipinski definition) is 2. The standard InChI is InChI=1S/C12H14O4/c1-6-7(2)16-12(15)10-9(6)4-3-8(5-13)11(10)14/h3-4,6-7,13-14H,5H2,1-2H3. The molecular formula is C12H14O4. The average molecular weight is 222 g/mol. The first-order valence-corrected chi connectivity index (χ1v) is 5.22. The third-order valence-electron chi connectivity index (χ3n) is 3.16. The number of cyclic esters (lactones) is 1. The van der Waals surface area contributed by atoms with E-state index in [2.05, 4.69) is 0 Å². The lowest BCUT2D eigenvalue weighted by atomic mass is 9.87. The summed E-state index contributed by atoms with van der Waals surface area (Å²) < 4.78 is 5.12. The number of fused-ring (bicyclic) bond motifs is 1.